The average Bonchev–Trinajstić information content (AvgIpc) is 3.51. The molecule has 3 aromatic rings. The molecule has 5 rings (SSSR count). The van der Waals surface area contributed by atoms with Crippen molar-refractivity contribution in [2.45, 2.75) is 18.9 Å². The van der Waals surface area contributed by atoms with Crippen molar-refractivity contribution in [2.75, 3.05) is 32.2 Å². The first-order valence-corrected chi connectivity index (χ1v) is 12.0. The van der Waals surface area contributed by atoms with E-state index in [4.69, 9.17) is 18.9 Å². The lowest BCUT2D eigenvalue weighted by Crippen LogP contribution is -2.36. The van der Waals surface area contributed by atoms with Gasteiger partial charge < -0.3 is 24.3 Å². The number of anilines is 1. The van der Waals surface area contributed by atoms with Crippen molar-refractivity contribution in [1.29, 1.82) is 0 Å². The zero-order valence-electron chi connectivity index (χ0n) is 20.3. The molecule has 2 aliphatic rings. The van der Waals surface area contributed by atoms with Crippen LogP contribution in [0.5, 0.6) is 23.0 Å². The van der Waals surface area contributed by atoms with Gasteiger partial charge in [0, 0.05) is 12.3 Å². The van der Waals surface area contributed by atoms with Gasteiger partial charge >= 0.3 is 0 Å². The molecule has 1 atom stereocenters. The number of hydrogen-bond acceptors (Lipinski definition) is 7. The van der Waals surface area contributed by atoms with E-state index in [9.17, 15) is 14.4 Å². The predicted octanol–water partition coefficient (Wildman–Crippen LogP) is 4.28. The van der Waals surface area contributed by atoms with E-state index < -0.39 is 0 Å². The number of benzene rings is 3. The summed E-state index contributed by atoms with van der Waals surface area (Å²) in [7, 11) is 1.54. The number of amides is 3. The Kier molecular flexibility index (Phi) is 7.04. The van der Waals surface area contributed by atoms with Gasteiger partial charge in [-0.05, 0) is 67.4 Å². The highest BCUT2D eigenvalue weighted by Crippen LogP contribution is 2.31. The Hall–Kier alpha value is -4.37. The summed E-state index contributed by atoms with van der Waals surface area (Å²) in [6, 6.07) is 18.7. The number of imide groups is 1. The van der Waals surface area contributed by atoms with Crippen molar-refractivity contribution >= 4 is 23.4 Å². The van der Waals surface area contributed by atoms with E-state index in [-0.39, 0.29) is 37.0 Å². The molecule has 0 radical (unpaired) electrons. The highest BCUT2D eigenvalue weighted by atomic mass is 16.5. The predicted molar refractivity (Wildman–Crippen MR) is 134 cm³/mol. The monoisotopic (exact) mass is 502 g/mol. The Labute approximate surface area is 213 Å². The first-order chi connectivity index (χ1) is 18.0. The van der Waals surface area contributed by atoms with Crippen LogP contribution >= 0.6 is 0 Å². The molecule has 9 heteroatoms. The van der Waals surface area contributed by atoms with E-state index in [0.717, 1.165) is 12.8 Å². The van der Waals surface area contributed by atoms with Gasteiger partial charge in [-0.3, -0.25) is 19.3 Å². The van der Waals surface area contributed by atoms with Gasteiger partial charge in [-0.1, -0.05) is 12.1 Å². The largest absolute Gasteiger partial charge is 0.493 e. The van der Waals surface area contributed by atoms with Crippen molar-refractivity contribution in [3.8, 4) is 23.0 Å². The lowest BCUT2D eigenvalue weighted by molar-refractivity contribution is -0.118. The number of ether oxygens (including phenoxy) is 4. The van der Waals surface area contributed by atoms with Crippen LogP contribution in [0.1, 0.15) is 33.6 Å². The molecule has 2 aliphatic heterocycles. The van der Waals surface area contributed by atoms with Gasteiger partial charge in [0.15, 0.2) is 18.1 Å². The van der Waals surface area contributed by atoms with Crippen LogP contribution in [0.2, 0.25) is 0 Å². The molecular weight excluding hydrogens is 476 g/mol. The molecular formula is C28H26N2O7. The summed E-state index contributed by atoms with van der Waals surface area (Å²) < 4.78 is 22.2. The number of nitrogens with zero attached hydrogens (tertiary/aromatic N) is 1. The zero-order valence-corrected chi connectivity index (χ0v) is 20.3. The van der Waals surface area contributed by atoms with Crippen molar-refractivity contribution in [2.24, 2.45) is 0 Å². The molecule has 0 bridgehead atoms. The first kappa shape index (κ1) is 24.3. The fraction of sp³-hybridized carbons (Fsp3) is 0.250. The van der Waals surface area contributed by atoms with Crippen LogP contribution in [0.3, 0.4) is 0 Å². The summed E-state index contributed by atoms with van der Waals surface area (Å²) >= 11 is 0. The summed E-state index contributed by atoms with van der Waals surface area (Å²) in [4.78, 5) is 39.1. The van der Waals surface area contributed by atoms with Crippen molar-refractivity contribution in [3.63, 3.8) is 0 Å². The zero-order chi connectivity index (χ0) is 25.8. The Morgan fingerprint density at radius 1 is 0.973 bits per heavy atom. The molecule has 3 aromatic carbocycles. The van der Waals surface area contributed by atoms with Gasteiger partial charge in [-0.2, -0.15) is 0 Å². The van der Waals surface area contributed by atoms with Crippen molar-refractivity contribution in [3.05, 3.63) is 77.9 Å². The van der Waals surface area contributed by atoms with Gasteiger partial charge in [0.1, 0.15) is 11.5 Å². The molecule has 0 saturated carbocycles. The number of para-hydroxylation sites is 2. The molecule has 190 valence electrons. The molecule has 9 nitrogen and oxygen atoms in total. The first-order valence-electron chi connectivity index (χ1n) is 12.0. The molecule has 2 heterocycles. The minimum absolute atomic E-state index is 0.107. The smallest absolute Gasteiger partial charge is 0.262 e. The van der Waals surface area contributed by atoms with Gasteiger partial charge in [-0.15, -0.1) is 0 Å². The van der Waals surface area contributed by atoms with Gasteiger partial charge in [-0.25, -0.2) is 0 Å². The third-order valence-corrected chi connectivity index (χ3v) is 6.15. The van der Waals surface area contributed by atoms with Crippen LogP contribution in [0, 0.1) is 0 Å². The van der Waals surface area contributed by atoms with E-state index >= 15 is 0 Å². The van der Waals surface area contributed by atoms with E-state index in [1.165, 1.54) is 12.0 Å². The molecule has 0 aliphatic carbocycles. The Bertz CT molecular complexity index is 1320. The SMILES string of the molecule is COc1ccccc1OCC(=O)Nc1ccc(Oc2ccc3c(c2)C(=O)N(CC2CCCO2)C3=O)cc1. The van der Waals surface area contributed by atoms with Crippen molar-refractivity contribution in [1.82, 2.24) is 4.90 Å². The second-order valence-corrected chi connectivity index (χ2v) is 8.68. The second kappa shape index (κ2) is 10.7. The van der Waals surface area contributed by atoms with Crippen molar-refractivity contribution < 1.29 is 33.3 Å². The summed E-state index contributed by atoms with van der Waals surface area (Å²) in [6.07, 6.45) is 1.67. The standard InChI is InChI=1S/C28H26N2O7/c1-34-24-6-2-3-7-25(24)36-17-26(31)29-18-8-10-19(11-9-18)37-20-12-13-22-23(15-20)28(33)30(27(22)32)16-21-5-4-14-35-21/h2-3,6-13,15,21H,4-5,14,16-17H2,1H3,(H,29,31). The fourth-order valence-corrected chi connectivity index (χ4v) is 4.31. The topological polar surface area (TPSA) is 103 Å². The molecule has 1 fully saturated rings. The van der Waals surface area contributed by atoms with Gasteiger partial charge in [0.2, 0.25) is 0 Å². The molecule has 1 unspecified atom stereocenters. The minimum atomic E-state index is -0.339. The third kappa shape index (κ3) is 5.41. The highest BCUT2D eigenvalue weighted by molar-refractivity contribution is 6.21. The van der Waals surface area contributed by atoms with Gasteiger partial charge in [0.25, 0.3) is 17.7 Å². The quantitative estimate of drug-likeness (QED) is 0.436. The molecule has 37 heavy (non-hydrogen) atoms. The average molecular weight is 503 g/mol. The number of methoxy groups -OCH3 is 1. The Morgan fingerprint density at radius 3 is 2.43 bits per heavy atom. The lowest BCUT2D eigenvalue weighted by atomic mass is 10.1. The van der Waals surface area contributed by atoms with E-state index in [1.807, 2.05) is 6.07 Å². The summed E-state index contributed by atoms with van der Waals surface area (Å²) in [5.74, 6) is 0.996. The minimum Gasteiger partial charge on any atom is -0.493 e. The van der Waals surface area contributed by atoms with Crippen LogP contribution in [0.15, 0.2) is 66.7 Å². The summed E-state index contributed by atoms with van der Waals surface area (Å²) in [5.41, 5.74) is 1.25. The Balaban J connectivity index is 1.17. The normalized spacial score (nSPS) is 16.5. The van der Waals surface area contributed by atoms with E-state index in [0.29, 0.717) is 46.4 Å². The lowest BCUT2D eigenvalue weighted by Gasteiger charge is -2.17. The number of carbonyl (C=O) groups excluding carboxylic acids is 3. The number of rotatable bonds is 9. The highest BCUT2D eigenvalue weighted by Gasteiger charge is 2.37. The Morgan fingerprint density at radius 2 is 1.70 bits per heavy atom. The number of fused-ring (bicyclic) bond motifs is 1. The maximum Gasteiger partial charge on any atom is 0.262 e. The molecule has 0 aromatic heterocycles. The van der Waals surface area contributed by atoms with Crippen LogP contribution < -0.4 is 19.5 Å². The van der Waals surface area contributed by atoms with E-state index in [1.54, 1.807) is 60.7 Å². The van der Waals surface area contributed by atoms with Gasteiger partial charge in [0.05, 0.1) is 30.9 Å². The molecule has 0 spiro atoms. The second-order valence-electron chi connectivity index (χ2n) is 8.68. The molecule has 3 amide bonds. The van der Waals surface area contributed by atoms with Crippen LogP contribution in [0.4, 0.5) is 5.69 Å². The number of nitrogens with one attached hydrogen (secondary N) is 1. The van der Waals surface area contributed by atoms with Crippen LogP contribution in [-0.2, 0) is 9.53 Å². The van der Waals surface area contributed by atoms with Crippen LogP contribution in [0.25, 0.3) is 0 Å². The fourth-order valence-electron chi connectivity index (χ4n) is 4.31. The third-order valence-electron chi connectivity index (χ3n) is 6.15. The summed E-state index contributed by atoms with van der Waals surface area (Å²) in [5, 5.41) is 2.76. The van der Waals surface area contributed by atoms with Crippen LogP contribution in [-0.4, -0.2) is 55.6 Å². The van der Waals surface area contributed by atoms with E-state index in [2.05, 4.69) is 5.32 Å². The molecule has 1 N–H and O–H groups in total. The number of hydrogen-bond donors (Lipinski definition) is 1. The maximum absolute atomic E-state index is 12.9. The number of carbonyl (C=O) groups is 3. The summed E-state index contributed by atoms with van der Waals surface area (Å²) in [6.45, 7) is 0.745. The molecule has 1 saturated heterocycles. The maximum atomic E-state index is 12.9.